The molecule has 8 heteroatoms. The van der Waals surface area contributed by atoms with Gasteiger partial charge in [-0.3, -0.25) is 19.7 Å². The molecule has 1 aromatic rings. The molecular formula is C13H16N2O6. The van der Waals surface area contributed by atoms with Crippen molar-refractivity contribution in [1.29, 1.82) is 0 Å². The fourth-order valence-electron chi connectivity index (χ4n) is 2.44. The van der Waals surface area contributed by atoms with Crippen molar-refractivity contribution in [3.63, 3.8) is 0 Å². The van der Waals surface area contributed by atoms with E-state index in [1.807, 2.05) is 0 Å². The van der Waals surface area contributed by atoms with Gasteiger partial charge in [-0.25, -0.2) is 0 Å². The molecule has 2 heterocycles. The smallest absolute Gasteiger partial charge is 0.433 e. The van der Waals surface area contributed by atoms with Crippen LogP contribution in [0.25, 0.3) is 0 Å². The van der Waals surface area contributed by atoms with Crippen LogP contribution in [0.2, 0.25) is 0 Å². The van der Waals surface area contributed by atoms with Crippen molar-refractivity contribution >= 4 is 17.8 Å². The standard InChI is InChI=1S/C13H16N2O6/c1-20-12(16)8-9-4-2-3-7-14(9)13(17)10-5-6-11(21-10)15(18)19/h5-6,9H,2-4,7-8H2,1H3. The van der Waals surface area contributed by atoms with E-state index in [0.29, 0.717) is 13.0 Å². The van der Waals surface area contributed by atoms with Crippen molar-refractivity contribution in [2.75, 3.05) is 13.7 Å². The van der Waals surface area contributed by atoms with Crippen LogP contribution in [0.4, 0.5) is 5.88 Å². The Labute approximate surface area is 120 Å². The van der Waals surface area contributed by atoms with Crippen LogP contribution in [0.3, 0.4) is 0 Å². The molecule has 1 aliphatic heterocycles. The number of nitro groups is 1. The SMILES string of the molecule is COC(=O)CC1CCCCN1C(=O)c1ccc([N+](=O)[O-])o1. The number of hydrogen-bond acceptors (Lipinski definition) is 6. The molecule has 1 atom stereocenters. The second-order valence-electron chi connectivity index (χ2n) is 4.82. The monoisotopic (exact) mass is 296 g/mol. The van der Waals surface area contributed by atoms with E-state index >= 15 is 0 Å². The average molecular weight is 296 g/mol. The zero-order chi connectivity index (χ0) is 15.4. The maximum absolute atomic E-state index is 12.4. The van der Waals surface area contributed by atoms with Gasteiger partial charge < -0.3 is 14.1 Å². The fraction of sp³-hybridized carbons (Fsp3) is 0.538. The van der Waals surface area contributed by atoms with Gasteiger partial charge in [-0.15, -0.1) is 0 Å². The van der Waals surface area contributed by atoms with E-state index in [-0.39, 0.29) is 24.2 Å². The van der Waals surface area contributed by atoms with Crippen molar-refractivity contribution in [1.82, 2.24) is 4.90 Å². The highest BCUT2D eigenvalue weighted by Crippen LogP contribution is 2.24. The Hall–Kier alpha value is -2.38. The van der Waals surface area contributed by atoms with E-state index in [4.69, 9.17) is 4.42 Å². The number of amides is 1. The van der Waals surface area contributed by atoms with Crippen LogP contribution in [0.15, 0.2) is 16.5 Å². The molecule has 1 aromatic heterocycles. The van der Waals surface area contributed by atoms with Gasteiger partial charge in [-0.1, -0.05) is 0 Å². The molecule has 8 nitrogen and oxygen atoms in total. The summed E-state index contributed by atoms with van der Waals surface area (Å²) in [4.78, 5) is 35.2. The third kappa shape index (κ3) is 3.39. The molecule has 1 unspecified atom stereocenters. The van der Waals surface area contributed by atoms with Crippen molar-refractivity contribution in [2.24, 2.45) is 0 Å². The zero-order valence-corrected chi connectivity index (χ0v) is 11.6. The summed E-state index contributed by atoms with van der Waals surface area (Å²) in [7, 11) is 1.30. The first-order valence-corrected chi connectivity index (χ1v) is 6.65. The molecule has 0 aromatic carbocycles. The van der Waals surface area contributed by atoms with Crippen LogP contribution in [0.1, 0.15) is 36.2 Å². The predicted molar refractivity (Wildman–Crippen MR) is 70.7 cm³/mol. The quantitative estimate of drug-likeness (QED) is 0.476. The van der Waals surface area contributed by atoms with E-state index in [9.17, 15) is 19.7 Å². The Morgan fingerprint density at radius 3 is 2.86 bits per heavy atom. The van der Waals surface area contributed by atoms with Gasteiger partial charge in [0.1, 0.15) is 4.92 Å². The third-order valence-corrected chi connectivity index (χ3v) is 3.50. The molecule has 0 aliphatic carbocycles. The summed E-state index contributed by atoms with van der Waals surface area (Å²) in [6, 6.07) is 2.17. The molecule has 1 aliphatic rings. The van der Waals surface area contributed by atoms with Gasteiger partial charge in [0, 0.05) is 12.6 Å². The summed E-state index contributed by atoms with van der Waals surface area (Å²) in [5.41, 5.74) is 0. The highest BCUT2D eigenvalue weighted by molar-refractivity contribution is 5.92. The van der Waals surface area contributed by atoms with Gasteiger partial charge in [0.2, 0.25) is 0 Å². The topological polar surface area (TPSA) is 103 Å². The number of furan rings is 1. The number of methoxy groups -OCH3 is 1. The summed E-state index contributed by atoms with van der Waals surface area (Å²) in [5, 5.41) is 10.6. The lowest BCUT2D eigenvalue weighted by molar-refractivity contribution is -0.402. The van der Waals surface area contributed by atoms with Gasteiger partial charge >= 0.3 is 11.9 Å². The summed E-state index contributed by atoms with van der Waals surface area (Å²) in [5.74, 6) is -1.37. The number of carbonyl (C=O) groups excluding carboxylic acids is 2. The normalized spacial score (nSPS) is 18.3. The number of likely N-dealkylation sites (tertiary alicyclic amines) is 1. The molecule has 0 radical (unpaired) electrons. The fourth-order valence-corrected chi connectivity index (χ4v) is 2.44. The van der Waals surface area contributed by atoms with Crippen molar-refractivity contribution in [2.45, 2.75) is 31.7 Å². The van der Waals surface area contributed by atoms with E-state index in [1.165, 1.54) is 18.1 Å². The van der Waals surface area contributed by atoms with E-state index < -0.39 is 16.7 Å². The molecule has 0 N–H and O–H groups in total. The maximum atomic E-state index is 12.4. The molecule has 114 valence electrons. The molecule has 2 rings (SSSR count). The lowest BCUT2D eigenvalue weighted by atomic mass is 9.99. The van der Waals surface area contributed by atoms with Crippen LogP contribution in [-0.2, 0) is 9.53 Å². The first-order valence-electron chi connectivity index (χ1n) is 6.65. The zero-order valence-electron chi connectivity index (χ0n) is 11.6. The molecule has 0 bridgehead atoms. The summed E-state index contributed by atoms with van der Waals surface area (Å²) in [6.07, 6.45) is 2.56. The molecule has 1 fully saturated rings. The second kappa shape index (κ2) is 6.38. The second-order valence-corrected chi connectivity index (χ2v) is 4.82. The largest absolute Gasteiger partial charge is 0.469 e. The van der Waals surface area contributed by atoms with Crippen molar-refractivity contribution in [3.05, 3.63) is 28.0 Å². The minimum absolute atomic E-state index is 0.0848. The number of hydrogen-bond donors (Lipinski definition) is 0. The number of ether oxygens (including phenoxy) is 1. The Bertz CT molecular complexity index is 553. The molecule has 21 heavy (non-hydrogen) atoms. The molecular weight excluding hydrogens is 280 g/mol. The number of rotatable bonds is 4. The van der Waals surface area contributed by atoms with E-state index in [1.54, 1.807) is 0 Å². The molecule has 0 spiro atoms. The number of carbonyl (C=O) groups is 2. The van der Waals surface area contributed by atoms with Crippen LogP contribution in [-0.4, -0.2) is 41.4 Å². The lowest BCUT2D eigenvalue weighted by Gasteiger charge is -2.34. The molecule has 1 saturated heterocycles. The minimum Gasteiger partial charge on any atom is -0.469 e. The van der Waals surface area contributed by atoms with Crippen LogP contribution >= 0.6 is 0 Å². The predicted octanol–water partition coefficient (Wildman–Crippen LogP) is 1.75. The average Bonchev–Trinajstić information content (AvgIpc) is 2.97. The maximum Gasteiger partial charge on any atom is 0.433 e. The van der Waals surface area contributed by atoms with Crippen molar-refractivity contribution in [3.8, 4) is 0 Å². The molecule has 1 amide bonds. The number of piperidine rings is 1. The number of esters is 1. The first-order chi connectivity index (χ1) is 10.0. The number of nitrogens with zero attached hydrogens (tertiary/aromatic N) is 2. The van der Waals surface area contributed by atoms with Gasteiger partial charge in [0.05, 0.1) is 19.6 Å². The van der Waals surface area contributed by atoms with Crippen LogP contribution < -0.4 is 0 Å². The third-order valence-electron chi connectivity index (χ3n) is 3.50. The summed E-state index contributed by atoms with van der Waals surface area (Å²) in [6.45, 7) is 0.495. The lowest BCUT2D eigenvalue weighted by Crippen LogP contribution is -2.44. The Morgan fingerprint density at radius 2 is 2.24 bits per heavy atom. The van der Waals surface area contributed by atoms with Gasteiger partial charge in [0.15, 0.2) is 5.76 Å². The molecule has 0 saturated carbocycles. The summed E-state index contributed by atoms with van der Waals surface area (Å²) >= 11 is 0. The Morgan fingerprint density at radius 1 is 1.48 bits per heavy atom. The van der Waals surface area contributed by atoms with E-state index in [0.717, 1.165) is 18.9 Å². The van der Waals surface area contributed by atoms with E-state index in [2.05, 4.69) is 4.74 Å². The highest BCUT2D eigenvalue weighted by Gasteiger charge is 2.31. The van der Waals surface area contributed by atoms with Gasteiger partial charge in [0.25, 0.3) is 5.91 Å². The highest BCUT2D eigenvalue weighted by atomic mass is 16.6. The van der Waals surface area contributed by atoms with Crippen LogP contribution in [0, 0.1) is 10.1 Å². The van der Waals surface area contributed by atoms with Crippen LogP contribution in [0.5, 0.6) is 0 Å². The summed E-state index contributed by atoms with van der Waals surface area (Å²) < 4.78 is 9.57. The first kappa shape index (κ1) is 15.0. The van der Waals surface area contributed by atoms with Gasteiger partial charge in [-0.05, 0) is 25.3 Å². The Balaban J connectivity index is 2.13. The Kier molecular flexibility index (Phi) is 4.56. The van der Waals surface area contributed by atoms with Crippen molar-refractivity contribution < 1.29 is 23.7 Å². The minimum atomic E-state index is -0.696. The van der Waals surface area contributed by atoms with Gasteiger partial charge in [-0.2, -0.15) is 0 Å².